The Kier molecular flexibility index (Phi) is 4.77. The highest BCUT2D eigenvalue weighted by molar-refractivity contribution is 7.14. The second-order valence-electron chi connectivity index (χ2n) is 4.90. The Morgan fingerprint density at radius 3 is 2.62 bits per heavy atom. The van der Waals surface area contributed by atoms with Gasteiger partial charge in [0.15, 0.2) is 16.8 Å². The molecule has 0 saturated heterocycles. The van der Waals surface area contributed by atoms with Crippen LogP contribution in [0.2, 0.25) is 0 Å². The molecule has 1 aromatic heterocycles. The maximum Gasteiger partial charge on any atom is 0.250 e. The zero-order valence-corrected chi connectivity index (χ0v) is 13.2. The maximum absolute atomic E-state index is 13.3. The van der Waals surface area contributed by atoms with E-state index in [9.17, 15) is 13.6 Å². The van der Waals surface area contributed by atoms with Gasteiger partial charge in [-0.3, -0.25) is 10.1 Å². The van der Waals surface area contributed by atoms with Crippen molar-refractivity contribution in [2.75, 3.05) is 5.32 Å². The molecule has 3 rings (SSSR count). The summed E-state index contributed by atoms with van der Waals surface area (Å²) in [7, 11) is 0. The lowest BCUT2D eigenvalue weighted by Crippen LogP contribution is -2.07. The molecule has 3 aromatic rings. The Morgan fingerprint density at radius 1 is 1.08 bits per heavy atom. The number of amides is 1. The number of carbonyl (C=O) groups excluding carboxylic acids is 1. The van der Waals surface area contributed by atoms with Gasteiger partial charge in [0.2, 0.25) is 5.91 Å². The van der Waals surface area contributed by atoms with Crippen LogP contribution >= 0.6 is 11.3 Å². The van der Waals surface area contributed by atoms with Gasteiger partial charge in [0.1, 0.15) is 0 Å². The number of hydrogen-bond donors (Lipinski definition) is 1. The first-order valence-electron chi connectivity index (χ1n) is 7.07. The zero-order chi connectivity index (χ0) is 16.9. The van der Waals surface area contributed by atoms with Crippen LogP contribution < -0.4 is 5.32 Å². The average molecular weight is 342 g/mol. The number of nitrogens with zero attached hydrogens (tertiary/aromatic N) is 1. The second kappa shape index (κ2) is 7.14. The fourth-order valence-electron chi connectivity index (χ4n) is 2.00. The van der Waals surface area contributed by atoms with Gasteiger partial charge in [0.25, 0.3) is 0 Å². The molecule has 0 aliphatic rings. The first kappa shape index (κ1) is 16.0. The number of thiazole rings is 1. The van der Waals surface area contributed by atoms with Gasteiger partial charge in [-0.25, -0.2) is 13.8 Å². The van der Waals surface area contributed by atoms with Gasteiger partial charge in [-0.05, 0) is 29.8 Å². The van der Waals surface area contributed by atoms with Crippen LogP contribution in [0, 0.1) is 11.6 Å². The van der Waals surface area contributed by atoms with Gasteiger partial charge in [0, 0.05) is 17.0 Å². The largest absolute Gasteiger partial charge is 0.298 e. The molecule has 0 radical (unpaired) electrons. The van der Waals surface area contributed by atoms with Crippen molar-refractivity contribution in [1.29, 1.82) is 0 Å². The molecule has 0 spiro atoms. The Morgan fingerprint density at radius 2 is 1.88 bits per heavy atom. The number of nitrogens with one attached hydrogen (secondary N) is 1. The van der Waals surface area contributed by atoms with Crippen LogP contribution in [0.1, 0.15) is 5.56 Å². The van der Waals surface area contributed by atoms with E-state index in [4.69, 9.17) is 0 Å². The number of hydrogen-bond acceptors (Lipinski definition) is 3. The van der Waals surface area contributed by atoms with Crippen LogP contribution in [-0.4, -0.2) is 10.9 Å². The fourth-order valence-corrected chi connectivity index (χ4v) is 2.72. The van der Waals surface area contributed by atoms with Crippen molar-refractivity contribution in [1.82, 2.24) is 4.98 Å². The molecule has 0 aliphatic heterocycles. The van der Waals surface area contributed by atoms with E-state index in [1.807, 2.05) is 30.3 Å². The normalized spacial score (nSPS) is 10.9. The summed E-state index contributed by atoms with van der Waals surface area (Å²) in [4.78, 5) is 16.1. The van der Waals surface area contributed by atoms with Crippen molar-refractivity contribution >= 4 is 28.5 Å². The Labute approximate surface area is 141 Å². The second-order valence-corrected chi connectivity index (χ2v) is 5.76. The molecule has 3 nitrogen and oxygen atoms in total. The van der Waals surface area contributed by atoms with Crippen molar-refractivity contribution < 1.29 is 13.6 Å². The van der Waals surface area contributed by atoms with Gasteiger partial charge >= 0.3 is 0 Å². The van der Waals surface area contributed by atoms with E-state index in [0.717, 1.165) is 17.7 Å². The monoisotopic (exact) mass is 342 g/mol. The SMILES string of the molecule is O=C(C=Cc1ccccc1)Nc1nc(-c2ccc(F)c(F)c2)cs1. The molecule has 2 aromatic carbocycles. The zero-order valence-electron chi connectivity index (χ0n) is 12.4. The van der Waals surface area contributed by atoms with Crippen LogP contribution in [-0.2, 0) is 4.79 Å². The summed E-state index contributed by atoms with van der Waals surface area (Å²) in [5.74, 6) is -2.16. The van der Waals surface area contributed by atoms with Crippen LogP contribution in [0.3, 0.4) is 0 Å². The molecular weight excluding hydrogens is 330 g/mol. The van der Waals surface area contributed by atoms with E-state index in [1.54, 1.807) is 11.5 Å². The summed E-state index contributed by atoms with van der Waals surface area (Å²) in [6, 6.07) is 13.0. The molecule has 0 aliphatic carbocycles. The third kappa shape index (κ3) is 3.91. The topological polar surface area (TPSA) is 42.0 Å². The van der Waals surface area contributed by atoms with Gasteiger partial charge < -0.3 is 0 Å². The van der Waals surface area contributed by atoms with E-state index >= 15 is 0 Å². The van der Waals surface area contributed by atoms with Crippen LogP contribution in [0.4, 0.5) is 13.9 Å². The van der Waals surface area contributed by atoms with Crippen LogP contribution in [0.15, 0.2) is 60.0 Å². The highest BCUT2D eigenvalue weighted by Crippen LogP contribution is 2.26. The van der Waals surface area contributed by atoms with Crippen molar-refractivity contribution in [2.45, 2.75) is 0 Å². The summed E-state index contributed by atoms with van der Waals surface area (Å²) in [5.41, 5.74) is 1.83. The molecule has 1 amide bonds. The van der Waals surface area contributed by atoms with Crippen molar-refractivity contribution in [3.8, 4) is 11.3 Å². The number of rotatable bonds is 4. The number of benzene rings is 2. The first-order valence-corrected chi connectivity index (χ1v) is 7.95. The fraction of sp³-hybridized carbons (Fsp3) is 0. The lowest BCUT2D eigenvalue weighted by Gasteiger charge is -1.98. The maximum atomic E-state index is 13.3. The van der Waals surface area contributed by atoms with Crippen LogP contribution in [0.25, 0.3) is 17.3 Å². The molecule has 0 fully saturated rings. The summed E-state index contributed by atoms with van der Waals surface area (Å²) in [5, 5.41) is 4.70. The molecule has 6 heteroatoms. The molecular formula is C18H12F2N2OS. The standard InChI is InChI=1S/C18H12F2N2OS/c19-14-8-7-13(10-15(14)20)16-11-24-18(21-16)22-17(23)9-6-12-4-2-1-3-5-12/h1-11H,(H,21,22,23). The minimum absolute atomic E-state index is 0.315. The predicted molar refractivity (Wildman–Crippen MR) is 91.6 cm³/mol. The van der Waals surface area contributed by atoms with E-state index < -0.39 is 11.6 Å². The third-order valence-corrected chi connectivity index (χ3v) is 3.93. The minimum atomic E-state index is -0.933. The number of aromatic nitrogens is 1. The number of anilines is 1. The summed E-state index contributed by atoms with van der Waals surface area (Å²) in [6.45, 7) is 0. The Balaban J connectivity index is 1.68. The quantitative estimate of drug-likeness (QED) is 0.696. The Hall–Kier alpha value is -2.86. The summed E-state index contributed by atoms with van der Waals surface area (Å²) < 4.78 is 26.2. The lowest BCUT2D eigenvalue weighted by atomic mass is 10.2. The van der Waals surface area contributed by atoms with Crippen molar-refractivity contribution in [2.24, 2.45) is 0 Å². The first-order chi connectivity index (χ1) is 11.6. The smallest absolute Gasteiger partial charge is 0.250 e. The summed E-state index contributed by atoms with van der Waals surface area (Å²) >= 11 is 1.21. The molecule has 0 bridgehead atoms. The molecule has 0 unspecified atom stereocenters. The number of halogens is 2. The number of carbonyl (C=O) groups is 1. The Bertz CT molecular complexity index is 891. The van der Waals surface area contributed by atoms with Gasteiger partial charge in [-0.15, -0.1) is 11.3 Å². The van der Waals surface area contributed by atoms with Crippen molar-refractivity contribution in [3.63, 3.8) is 0 Å². The average Bonchev–Trinajstić information content (AvgIpc) is 3.05. The van der Waals surface area contributed by atoms with Crippen LogP contribution in [0.5, 0.6) is 0 Å². The van der Waals surface area contributed by atoms with Gasteiger partial charge in [-0.2, -0.15) is 0 Å². The van der Waals surface area contributed by atoms with Gasteiger partial charge in [-0.1, -0.05) is 30.3 Å². The molecule has 24 heavy (non-hydrogen) atoms. The van der Waals surface area contributed by atoms with Gasteiger partial charge in [0.05, 0.1) is 5.69 Å². The van der Waals surface area contributed by atoms with E-state index in [0.29, 0.717) is 16.4 Å². The summed E-state index contributed by atoms with van der Waals surface area (Å²) in [6.07, 6.45) is 3.10. The highest BCUT2D eigenvalue weighted by Gasteiger charge is 2.09. The molecule has 0 atom stereocenters. The highest BCUT2D eigenvalue weighted by atomic mass is 32.1. The minimum Gasteiger partial charge on any atom is -0.298 e. The lowest BCUT2D eigenvalue weighted by molar-refractivity contribution is -0.111. The van der Waals surface area contributed by atoms with E-state index in [2.05, 4.69) is 10.3 Å². The van der Waals surface area contributed by atoms with E-state index in [1.165, 1.54) is 23.5 Å². The molecule has 120 valence electrons. The molecule has 0 saturated carbocycles. The third-order valence-electron chi connectivity index (χ3n) is 3.18. The molecule has 1 heterocycles. The predicted octanol–water partition coefficient (Wildman–Crippen LogP) is 4.74. The van der Waals surface area contributed by atoms with Crippen molar-refractivity contribution in [3.05, 3.63) is 77.2 Å². The van der Waals surface area contributed by atoms with E-state index in [-0.39, 0.29) is 5.91 Å². The molecule has 1 N–H and O–H groups in total.